The largest absolute Gasteiger partial charge is 0.416 e. The Morgan fingerprint density at radius 2 is 2.00 bits per heavy atom. The molecule has 3 aromatic rings. The molecule has 0 aliphatic heterocycles. The highest BCUT2D eigenvalue weighted by Gasteiger charge is 2.30. The molecule has 0 atom stereocenters. The number of benzene rings is 1. The van der Waals surface area contributed by atoms with E-state index in [1.807, 2.05) is 13.0 Å². The molecule has 7 heteroatoms. The van der Waals surface area contributed by atoms with E-state index in [-0.39, 0.29) is 0 Å². The number of nitrogens with two attached hydrogens (primary N) is 1. The smallest absolute Gasteiger partial charge is 0.390 e. The maximum Gasteiger partial charge on any atom is 0.416 e. The molecule has 2 aromatic heterocycles. The Hall–Kier alpha value is -2.02. The van der Waals surface area contributed by atoms with Crippen molar-refractivity contribution >= 4 is 27.4 Å². The van der Waals surface area contributed by atoms with Crippen molar-refractivity contribution in [2.24, 2.45) is 0 Å². The summed E-state index contributed by atoms with van der Waals surface area (Å²) in [6, 6.07) is 5.30. The zero-order valence-corrected chi connectivity index (χ0v) is 11.2. The third kappa shape index (κ3) is 2.14. The maximum atomic E-state index is 12.7. The lowest BCUT2D eigenvalue weighted by atomic mass is 10.2. The molecule has 3 nitrogen and oxygen atoms in total. The van der Waals surface area contributed by atoms with Gasteiger partial charge in [-0.25, -0.2) is 4.98 Å². The predicted molar refractivity (Wildman–Crippen MR) is 73.6 cm³/mol. The van der Waals surface area contributed by atoms with Crippen molar-refractivity contribution in [3.63, 3.8) is 0 Å². The number of H-pyrrole nitrogens is 1. The first-order valence-corrected chi connectivity index (χ1v) is 6.59. The Bertz CT molecular complexity index is 786. The van der Waals surface area contributed by atoms with Gasteiger partial charge in [0.1, 0.15) is 5.82 Å². The number of imidazole rings is 1. The van der Waals surface area contributed by atoms with Crippen molar-refractivity contribution in [3.05, 3.63) is 34.7 Å². The molecule has 0 saturated heterocycles. The lowest BCUT2D eigenvalue weighted by Crippen LogP contribution is -2.04. The van der Waals surface area contributed by atoms with Crippen LogP contribution in [0.2, 0.25) is 0 Å². The number of thiophene rings is 1. The molecule has 0 spiro atoms. The molecule has 0 fully saturated rings. The molecule has 20 heavy (non-hydrogen) atoms. The number of hydrogen-bond acceptors (Lipinski definition) is 3. The molecule has 0 aliphatic rings. The monoisotopic (exact) mass is 297 g/mol. The minimum atomic E-state index is -4.36. The minimum Gasteiger partial charge on any atom is -0.390 e. The molecular weight excluding hydrogens is 287 g/mol. The molecule has 0 saturated carbocycles. The summed E-state index contributed by atoms with van der Waals surface area (Å²) in [7, 11) is 0. The number of nitrogens with zero attached hydrogens (tertiary/aromatic N) is 1. The zero-order valence-electron chi connectivity index (χ0n) is 10.4. The Kier molecular flexibility index (Phi) is 2.75. The van der Waals surface area contributed by atoms with Crippen LogP contribution in [0.25, 0.3) is 22.4 Å². The molecule has 2 heterocycles. The molecule has 0 radical (unpaired) electrons. The summed E-state index contributed by atoms with van der Waals surface area (Å²) in [5, 5.41) is 0.595. The van der Waals surface area contributed by atoms with Crippen LogP contribution in [0.4, 0.5) is 18.2 Å². The number of alkyl halides is 3. The second-order valence-corrected chi connectivity index (χ2v) is 5.74. The van der Waals surface area contributed by atoms with E-state index >= 15 is 0 Å². The van der Waals surface area contributed by atoms with Crippen LogP contribution in [0, 0.1) is 6.92 Å². The molecule has 104 valence electrons. The van der Waals surface area contributed by atoms with Crippen LogP contribution in [0.5, 0.6) is 0 Å². The second-order valence-electron chi connectivity index (χ2n) is 4.45. The van der Waals surface area contributed by atoms with Gasteiger partial charge in [0, 0.05) is 4.88 Å². The van der Waals surface area contributed by atoms with E-state index in [1.165, 1.54) is 17.4 Å². The predicted octanol–water partition coefficient (Wildman–Crippen LogP) is 4.20. The van der Waals surface area contributed by atoms with Crippen LogP contribution in [0.15, 0.2) is 24.3 Å². The summed E-state index contributed by atoms with van der Waals surface area (Å²) < 4.78 is 38.0. The summed E-state index contributed by atoms with van der Waals surface area (Å²) in [6.07, 6.45) is -4.36. The van der Waals surface area contributed by atoms with Gasteiger partial charge in [0.25, 0.3) is 0 Å². The van der Waals surface area contributed by atoms with Crippen LogP contribution in [-0.4, -0.2) is 9.97 Å². The van der Waals surface area contributed by atoms with Crippen molar-refractivity contribution in [2.45, 2.75) is 13.1 Å². The summed E-state index contributed by atoms with van der Waals surface area (Å²) >= 11 is 1.42. The van der Waals surface area contributed by atoms with Crippen LogP contribution in [0.1, 0.15) is 10.4 Å². The van der Waals surface area contributed by atoms with Gasteiger partial charge in [-0.15, -0.1) is 11.3 Å². The van der Waals surface area contributed by atoms with Crippen LogP contribution < -0.4 is 5.73 Å². The van der Waals surface area contributed by atoms with Crippen LogP contribution >= 0.6 is 11.3 Å². The summed E-state index contributed by atoms with van der Waals surface area (Å²) in [6.45, 7) is 1.91. The number of halogens is 3. The number of fused-ring (bicyclic) bond motifs is 1. The van der Waals surface area contributed by atoms with E-state index in [0.717, 1.165) is 22.6 Å². The lowest BCUT2D eigenvalue weighted by molar-refractivity contribution is -0.137. The average molecular weight is 297 g/mol. The number of nitrogens with one attached hydrogen (secondary N) is 1. The summed E-state index contributed by atoms with van der Waals surface area (Å²) in [5.41, 5.74) is 6.72. The van der Waals surface area contributed by atoms with Crippen molar-refractivity contribution in [3.8, 4) is 11.4 Å². The summed E-state index contributed by atoms with van der Waals surface area (Å²) in [4.78, 5) is 8.20. The first-order chi connectivity index (χ1) is 9.34. The Morgan fingerprint density at radius 1 is 1.25 bits per heavy atom. The second kappa shape index (κ2) is 4.24. The molecule has 0 aliphatic carbocycles. The number of aromatic amines is 1. The number of nitrogen functional groups attached to an aromatic ring is 1. The molecule has 0 unspecified atom stereocenters. The highest BCUT2D eigenvalue weighted by Crippen LogP contribution is 2.34. The standard InChI is InChI=1S/C13H10F3N3S/c1-6-4-8(11(17)20-6)12-18-9-3-2-7(13(14,15)16)5-10(9)19-12/h2-5H,17H2,1H3,(H,18,19). The van der Waals surface area contributed by atoms with Gasteiger partial charge in [0.15, 0.2) is 0 Å². The van der Waals surface area contributed by atoms with Gasteiger partial charge in [-0.05, 0) is 31.2 Å². The molecule has 0 bridgehead atoms. The van der Waals surface area contributed by atoms with Crippen molar-refractivity contribution in [1.29, 1.82) is 0 Å². The number of anilines is 1. The lowest BCUT2D eigenvalue weighted by Gasteiger charge is -2.05. The third-order valence-corrected chi connectivity index (χ3v) is 3.83. The van der Waals surface area contributed by atoms with Gasteiger partial charge >= 0.3 is 6.18 Å². The third-order valence-electron chi connectivity index (χ3n) is 2.95. The van der Waals surface area contributed by atoms with E-state index in [1.54, 1.807) is 0 Å². The fraction of sp³-hybridized carbons (Fsp3) is 0.154. The van der Waals surface area contributed by atoms with E-state index in [2.05, 4.69) is 9.97 Å². The molecular formula is C13H10F3N3S. The van der Waals surface area contributed by atoms with Gasteiger partial charge in [0.05, 0.1) is 27.2 Å². The molecule has 3 rings (SSSR count). The Balaban J connectivity index is 2.14. The number of hydrogen-bond donors (Lipinski definition) is 2. The molecule has 3 N–H and O–H groups in total. The molecule has 1 aromatic carbocycles. The Morgan fingerprint density at radius 3 is 2.60 bits per heavy atom. The van der Waals surface area contributed by atoms with Gasteiger partial charge < -0.3 is 10.7 Å². The maximum absolute atomic E-state index is 12.7. The fourth-order valence-corrected chi connectivity index (χ4v) is 2.82. The molecule has 0 amide bonds. The van der Waals surface area contributed by atoms with E-state index in [9.17, 15) is 13.2 Å². The highest BCUT2D eigenvalue weighted by atomic mass is 32.1. The number of aryl methyl sites for hydroxylation is 1. The van der Waals surface area contributed by atoms with Crippen LogP contribution in [0.3, 0.4) is 0 Å². The highest BCUT2D eigenvalue weighted by molar-refractivity contribution is 7.16. The summed E-state index contributed by atoms with van der Waals surface area (Å²) in [5.74, 6) is 0.487. The number of rotatable bonds is 1. The van der Waals surface area contributed by atoms with Crippen molar-refractivity contribution in [1.82, 2.24) is 9.97 Å². The SMILES string of the molecule is Cc1cc(-c2nc3ccc(C(F)(F)F)cc3[nH]2)c(N)s1. The van der Waals surface area contributed by atoms with E-state index < -0.39 is 11.7 Å². The van der Waals surface area contributed by atoms with Gasteiger partial charge in [0.2, 0.25) is 0 Å². The van der Waals surface area contributed by atoms with E-state index in [4.69, 9.17) is 5.73 Å². The van der Waals surface area contributed by atoms with Crippen molar-refractivity contribution in [2.75, 3.05) is 5.73 Å². The average Bonchev–Trinajstić information content (AvgIpc) is 2.89. The zero-order chi connectivity index (χ0) is 14.5. The first kappa shape index (κ1) is 13.0. The first-order valence-electron chi connectivity index (χ1n) is 5.78. The minimum absolute atomic E-state index is 0.345. The van der Waals surface area contributed by atoms with Crippen molar-refractivity contribution < 1.29 is 13.2 Å². The topological polar surface area (TPSA) is 54.7 Å². The van der Waals surface area contributed by atoms with Crippen LogP contribution in [-0.2, 0) is 6.18 Å². The van der Waals surface area contributed by atoms with E-state index in [0.29, 0.717) is 21.9 Å². The quantitative estimate of drug-likeness (QED) is 0.707. The van der Waals surface area contributed by atoms with Gasteiger partial charge in [-0.1, -0.05) is 0 Å². The van der Waals surface area contributed by atoms with Gasteiger partial charge in [-0.2, -0.15) is 13.2 Å². The normalized spacial score (nSPS) is 12.2. The van der Waals surface area contributed by atoms with Gasteiger partial charge in [-0.3, -0.25) is 0 Å². The number of aromatic nitrogens is 2. The Labute approximate surface area is 116 Å². The fourth-order valence-electron chi connectivity index (χ4n) is 2.03.